The zero-order chi connectivity index (χ0) is 17.0. The summed E-state index contributed by atoms with van der Waals surface area (Å²) in [4.78, 5) is 17.0. The number of carbonyl (C=O) groups excluding carboxylic acids is 1. The van der Waals surface area contributed by atoms with Gasteiger partial charge in [-0.1, -0.05) is 20.3 Å². The smallest absolute Gasteiger partial charge is 0.225 e. The Morgan fingerprint density at radius 2 is 1.74 bits per heavy atom. The minimum atomic E-state index is -0.782. The second kappa shape index (κ2) is 7.98. The van der Waals surface area contributed by atoms with Gasteiger partial charge in [-0.2, -0.15) is 0 Å². The molecule has 136 valence electrons. The third-order valence-corrected chi connectivity index (χ3v) is 6.28. The molecule has 2 fully saturated rings. The standard InChI is InChI=1S/C19H36N2O2.H2/c1-5-16(4)17-6-10-21(11-7-17)18(22)14-19(23)8-12-20(13-9-19)15(2)3;/h15-17,23H,5-14H2,1-4H3;1H. The van der Waals surface area contributed by atoms with Crippen LogP contribution in [0.15, 0.2) is 0 Å². The molecule has 1 amide bonds. The first-order valence-electron chi connectivity index (χ1n) is 9.59. The number of nitrogens with zero attached hydrogens (tertiary/aromatic N) is 2. The highest BCUT2D eigenvalue weighted by molar-refractivity contribution is 5.77. The van der Waals surface area contributed by atoms with Gasteiger partial charge in [0.2, 0.25) is 5.91 Å². The Kier molecular flexibility index (Phi) is 6.49. The van der Waals surface area contributed by atoms with E-state index in [0.717, 1.165) is 63.7 Å². The average molecular weight is 327 g/mol. The summed E-state index contributed by atoms with van der Waals surface area (Å²) in [5.74, 6) is 1.69. The normalized spacial score (nSPS) is 24.9. The summed E-state index contributed by atoms with van der Waals surface area (Å²) >= 11 is 0. The molecule has 0 bridgehead atoms. The number of likely N-dealkylation sites (tertiary alicyclic amines) is 2. The summed E-state index contributed by atoms with van der Waals surface area (Å²) in [5, 5.41) is 10.8. The molecule has 0 aromatic heterocycles. The largest absolute Gasteiger partial charge is 0.389 e. The third kappa shape index (κ3) is 4.93. The minimum Gasteiger partial charge on any atom is -0.389 e. The predicted octanol–water partition coefficient (Wildman–Crippen LogP) is 3.14. The third-order valence-electron chi connectivity index (χ3n) is 6.28. The van der Waals surface area contributed by atoms with E-state index in [9.17, 15) is 9.90 Å². The number of amides is 1. The number of aliphatic hydroxyl groups is 1. The second-order valence-corrected chi connectivity index (χ2v) is 8.13. The Morgan fingerprint density at radius 3 is 2.22 bits per heavy atom. The molecule has 2 saturated heterocycles. The van der Waals surface area contributed by atoms with Crippen molar-refractivity contribution in [2.45, 2.75) is 77.9 Å². The lowest BCUT2D eigenvalue weighted by atomic mass is 9.83. The van der Waals surface area contributed by atoms with Gasteiger partial charge in [0.1, 0.15) is 0 Å². The van der Waals surface area contributed by atoms with Crippen molar-refractivity contribution >= 4 is 5.91 Å². The summed E-state index contributed by atoms with van der Waals surface area (Å²) in [6.45, 7) is 12.5. The molecule has 2 aliphatic rings. The van der Waals surface area contributed by atoms with Crippen LogP contribution in [0.25, 0.3) is 0 Å². The van der Waals surface area contributed by atoms with E-state index in [1.54, 1.807) is 0 Å². The minimum absolute atomic E-state index is 0. The lowest BCUT2D eigenvalue weighted by molar-refractivity contribution is -0.140. The highest BCUT2D eigenvalue weighted by Gasteiger charge is 2.37. The van der Waals surface area contributed by atoms with E-state index >= 15 is 0 Å². The van der Waals surface area contributed by atoms with Gasteiger partial charge in [0.25, 0.3) is 0 Å². The van der Waals surface area contributed by atoms with Crippen molar-refractivity contribution in [3.05, 3.63) is 0 Å². The van der Waals surface area contributed by atoms with E-state index in [1.807, 2.05) is 4.90 Å². The average Bonchev–Trinajstić information content (AvgIpc) is 2.54. The van der Waals surface area contributed by atoms with Crippen molar-refractivity contribution in [1.82, 2.24) is 9.80 Å². The number of rotatable bonds is 5. The maximum Gasteiger partial charge on any atom is 0.225 e. The maximum atomic E-state index is 12.6. The summed E-state index contributed by atoms with van der Waals surface area (Å²) in [5.41, 5.74) is -0.782. The molecule has 2 rings (SSSR count). The SMILES string of the molecule is CCC(C)C1CCN(C(=O)CC2(O)CCN(C(C)C)CC2)CC1.[HH]. The van der Waals surface area contributed by atoms with Crippen LogP contribution in [-0.4, -0.2) is 58.6 Å². The van der Waals surface area contributed by atoms with Gasteiger partial charge in [-0.25, -0.2) is 0 Å². The lowest BCUT2D eigenvalue weighted by Gasteiger charge is -2.41. The van der Waals surface area contributed by atoms with Crippen LogP contribution in [0.2, 0.25) is 0 Å². The van der Waals surface area contributed by atoms with Gasteiger partial charge in [0.15, 0.2) is 0 Å². The Labute approximate surface area is 143 Å². The zero-order valence-electron chi connectivity index (χ0n) is 15.6. The molecule has 0 radical (unpaired) electrons. The van der Waals surface area contributed by atoms with Crippen molar-refractivity contribution in [3.63, 3.8) is 0 Å². The molecule has 4 heteroatoms. The van der Waals surface area contributed by atoms with Gasteiger partial charge < -0.3 is 14.9 Å². The molecular formula is C19H38N2O2. The highest BCUT2D eigenvalue weighted by atomic mass is 16.3. The predicted molar refractivity (Wildman–Crippen MR) is 96.4 cm³/mol. The molecule has 0 aliphatic carbocycles. The molecule has 4 nitrogen and oxygen atoms in total. The molecule has 1 unspecified atom stereocenters. The van der Waals surface area contributed by atoms with Gasteiger partial charge in [-0.15, -0.1) is 0 Å². The maximum absolute atomic E-state index is 12.6. The van der Waals surface area contributed by atoms with Crippen LogP contribution in [0.3, 0.4) is 0 Å². The van der Waals surface area contributed by atoms with E-state index < -0.39 is 5.60 Å². The molecule has 0 saturated carbocycles. The molecule has 1 atom stereocenters. The molecule has 0 aromatic rings. The van der Waals surface area contributed by atoms with Crippen molar-refractivity contribution in [2.24, 2.45) is 11.8 Å². The number of piperidine rings is 2. The van der Waals surface area contributed by atoms with Gasteiger partial charge >= 0.3 is 0 Å². The number of hydrogen-bond donors (Lipinski definition) is 1. The molecule has 2 heterocycles. The molecule has 0 aromatic carbocycles. The van der Waals surface area contributed by atoms with Crippen LogP contribution in [0.5, 0.6) is 0 Å². The van der Waals surface area contributed by atoms with E-state index in [1.165, 1.54) is 6.42 Å². The van der Waals surface area contributed by atoms with Gasteiger partial charge in [-0.05, 0) is 51.4 Å². The molecule has 2 aliphatic heterocycles. The second-order valence-electron chi connectivity index (χ2n) is 8.13. The fourth-order valence-corrected chi connectivity index (χ4v) is 4.08. The summed E-state index contributed by atoms with van der Waals surface area (Å²) < 4.78 is 0. The molecule has 1 N–H and O–H groups in total. The van der Waals surface area contributed by atoms with Gasteiger partial charge in [-0.3, -0.25) is 4.79 Å². The summed E-state index contributed by atoms with van der Waals surface area (Å²) in [7, 11) is 0. The fraction of sp³-hybridized carbons (Fsp3) is 0.947. The van der Waals surface area contributed by atoms with Crippen LogP contribution < -0.4 is 0 Å². The van der Waals surface area contributed by atoms with E-state index in [0.29, 0.717) is 12.5 Å². The van der Waals surface area contributed by atoms with E-state index in [-0.39, 0.29) is 7.33 Å². The summed E-state index contributed by atoms with van der Waals surface area (Å²) in [6.07, 6.45) is 5.23. The van der Waals surface area contributed by atoms with Crippen LogP contribution in [0, 0.1) is 11.8 Å². The Bertz CT molecular complexity index is 387. The zero-order valence-corrected chi connectivity index (χ0v) is 15.6. The highest BCUT2D eigenvalue weighted by Crippen LogP contribution is 2.30. The first kappa shape index (κ1) is 18.7. The Hall–Kier alpha value is -0.610. The number of carbonyl (C=O) groups is 1. The van der Waals surface area contributed by atoms with Gasteiger partial charge in [0, 0.05) is 33.6 Å². The van der Waals surface area contributed by atoms with E-state index in [2.05, 4.69) is 32.6 Å². The first-order valence-corrected chi connectivity index (χ1v) is 9.59. The first-order chi connectivity index (χ1) is 10.8. The van der Waals surface area contributed by atoms with Gasteiger partial charge in [0.05, 0.1) is 12.0 Å². The van der Waals surface area contributed by atoms with Crippen molar-refractivity contribution in [3.8, 4) is 0 Å². The topological polar surface area (TPSA) is 43.8 Å². The monoisotopic (exact) mass is 326 g/mol. The van der Waals surface area contributed by atoms with Crippen LogP contribution >= 0.6 is 0 Å². The summed E-state index contributed by atoms with van der Waals surface area (Å²) in [6, 6.07) is 0.523. The van der Waals surface area contributed by atoms with Crippen LogP contribution in [0.4, 0.5) is 0 Å². The van der Waals surface area contributed by atoms with Crippen LogP contribution in [0.1, 0.15) is 67.6 Å². The van der Waals surface area contributed by atoms with Crippen molar-refractivity contribution < 1.29 is 11.3 Å². The van der Waals surface area contributed by atoms with E-state index in [4.69, 9.17) is 0 Å². The Morgan fingerprint density at radius 1 is 1.17 bits per heavy atom. The molecular weight excluding hydrogens is 288 g/mol. The van der Waals surface area contributed by atoms with Crippen molar-refractivity contribution in [1.29, 1.82) is 0 Å². The van der Waals surface area contributed by atoms with Crippen molar-refractivity contribution in [2.75, 3.05) is 26.2 Å². The quantitative estimate of drug-likeness (QED) is 0.844. The Balaban J connectivity index is 0.00000288. The van der Waals surface area contributed by atoms with Crippen LogP contribution in [-0.2, 0) is 4.79 Å². The number of hydrogen-bond acceptors (Lipinski definition) is 3. The molecule has 23 heavy (non-hydrogen) atoms. The lowest BCUT2D eigenvalue weighted by Crippen LogP contribution is -2.50. The molecule has 0 spiro atoms. The fourth-order valence-electron chi connectivity index (χ4n) is 4.08.